The molecule has 1 saturated heterocycles. The number of nitrogens with zero attached hydrogens (tertiary/aromatic N) is 2. The molecule has 2 aromatic rings. The Kier molecular flexibility index (Phi) is 4.61. The minimum atomic E-state index is -0.496. The number of para-hydroxylation sites is 1. The Bertz CT molecular complexity index is 830. The SMILES string of the molecule is Cc1[nH]c2ccccc2c1C(=O)C(=O)N1CCN(C(=O)C(C)C)CC1. The molecule has 1 aliphatic heterocycles. The second-order valence-corrected chi connectivity index (χ2v) is 6.77. The summed E-state index contributed by atoms with van der Waals surface area (Å²) >= 11 is 0. The number of aromatic amines is 1. The van der Waals surface area contributed by atoms with Crippen molar-refractivity contribution in [1.82, 2.24) is 14.8 Å². The van der Waals surface area contributed by atoms with E-state index in [-0.39, 0.29) is 11.8 Å². The summed E-state index contributed by atoms with van der Waals surface area (Å²) in [6.07, 6.45) is 0. The van der Waals surface area contributed by atoms with E-state index in [0.717, 1.165) is 10.9 Å². The van der Waals surface area contributed by atoms with Crippen LogP contribution in [0.25, 0.3) is 10.9 Å². The van der Waals surface area contributed by atoms with Crippen molar-refractivity contribution in [2.24, 2.45) is 5.92 Å². The maximum Gasteiger partial charge on any atom is 0.295 e. The molecule has 0 bridgehead atoms. The van der Waals surface area contributed by atoms with Gasteiger partial charge >= 0.3 is 0 Å². The van der Waals surface area contributed by atoms with Gasteiger partial charge in [0.05, 0.1) is 5.56 Å². The van der Waals surface area contributed by atoms with Crippen molar-refractivity contribution in [2.45, 2.75) is 20.8 Å². The summed E-state index contributed by atoms with van der Waals surface area (Å²) in [7, 11) is 0. The lowest BCUT2D eigenvalue weighted by atomic mass is 10.1. The first kappa shape index (κ1) is 17.2. The highest BCUT2D eigenvalue weighted by Crippen LogP contribution is 2.23. The van der Waals surface area contributed by atoms with Crippen LogP contribution in [-0.4, -0.2) is 58.6 Å². The second-order valence-electron chi connectivity index (χ2n) is 6.77. The Morgan fingerprint density at radius 1 is 1.00 bits per heavy atom. The number of fused-ring (bicyclic) bond motifs is 1. The highest BCUT2D eigenvalue weighted by Gasteiger charge is 2.31. The van der Waals surface area contributed by atoms with Crippen molar-refractivity contribution in [3.05, 3.63) is 35.5 Å². The van der Waals surface area contributed by atoms with Gasteiger partial charge in [-0.05, 0) is 13.0 Å². The van der Waals surface area contributed by atoms with E-state index in [1.165, 1.54) is 0 Å². The topological polar surface area (TPSA) is 73.5 Å². The number of ketones is 1. The maximum atomic E-state index is 12.8. The number of benzene rings is 1. The quantitative estimate of drug-likeness (QED) is 0.685. The summed E-state index contributed by atoms with van der Waals surface area (Å²) in [4.78, 5) is 43.9. The third kappa shape index (κ3) is 3.16. The maximum absolute atomic E-state index is 12.8. The van der Waals surface area contributed by atoms with Crippen LogP contribution in [0.3, 0.4) is 0 Å². The number of aromatic nitrogens is 1. The molecule has 1 aliphatic rings. The number of H-pyrrole nitrogens is 1. The fourth-order valence-corrected chi connectivity index (χ4v) is 3.31. The molecule has 1 fully saturated rings. The standard InChI is InChI=1S/C19H23N3O3/c1-12(2)18(24)21-8-10-22(11-9-21)19(25)17(23)16-13(3)20-15-7-5-4-6-14(15)16/h4-7,12,20H,8-11H2,1-3H3. The zero-order chi connectivity index (χ0) is 18.1. The fraction of sp³-hybridized carbons (Fsp3) is 0.421. The number of amides is 2. The Labute approximate surface area is 146 Å². The largest absolute Gasteiger partial charge is 0.358 e. The summed E-state index contributed by atoms with van der Waals surface area (Å²) in [6.45, 7) is 7.27. The first-order valence-corrected chi connectivity index (χ1v) is 8.60. The molecule has 2 amide bonds. The molecule has 6 heteroatoms. The van der Waals surface area contributed by atoms with Gasteiger partial charge < -0.3 is 14.8 Å². The van der Waals surface area contributed by atoms with E-state index in [0.29, 0.717) is 37.4 Å². The molecule has 0 saturated carbocycles. The lowest BCUT2D eigenvalue weighted by Gasteiger charge is -2.35. The molecule has 0 atom stereocenters. The first-order valence-electron chi connectivity index (χ1n) is 8.60. The number of Topliss-reactive ketones (excluding diaryl/α,β-unsaturated/α-hetero) is 1. The Balaban J connectivity index is 1.74. The molecule has 2 heterocycles. The van der Waals surface area contributed by atoms with Crippen molar-refractivity contribution >= 4 is 28.5 Å². The van der Waals surface area contributed by atoms with Gasteiger partial charge in [-0.25, -0.2) is 0 Å². The number of hydrogen-bond donors (Lipinski definition) is 1. The predicted octanol–water partition coefficient (Wildman–Crippen LogP) is 1.99. The molecule has 1 N–H and O–H groups in total. The number of rotatable bonds is 3. The fourth-order valence-electron chi connectivity index (χ4n) is 3.31. The van der Waals surface area contributed by atoms with Gasteiger partial charge in [0.25, 0.3) is 11.7 Å². The molecule has 0 unspecified atom stereocenters. The van der Waals surface area contributed by atoms with Crippen molar-refractivity contribution in [3.63, 3.8) is 0 Å². The van der Waals surface area contributed by atoms with Crippen LogP contribution in [0.2, 0.25) is 0 Å². The van der Waals surface area contributed by atoms with Gasteiger partial charge in [-0.2, -0.15) is 0 Å². The van der Waals surface area contributed by atoms with E-state index < -0.39 is 11.7 Å². The zero-order valence-electron chi connectivity index (χ0n) is 14.8. The third-order valence-electron chi connectivity index (χ3n) is 4.69. The monoisotopic (exact) mass is 341 g/mol. The molecule has 0 aliphatic carbocycles. The smallest absolute Gasteiger partial charge is 0.295 e. The Hall–Kier alpha value is -2.63. The minimum Gasteiger partial charge on any atom is -0.358 e. The Morgan fingerprint density at radius 3 is 2.24 bits per heavy atom. The molecule has 0 spiro atoms. The average molecular weight is 341 g/mol. The van der Waals surface area contributed by atoms with Gasteiger partial charge in [-0.15, -0.1) is 0 Å². The molecule has 3 rings (SSSR count). The number of piperazine rings is 1. The van der Waals surface area contributed by atoms with E-state index in [1.807, 2.05) is 38.1 Å². The number of nitrogens with one attached hydrogen (secondary N) is 1. The molecule has 6 nitrogen and oxygen atoms in total. The van der Waals surface area contributed by atoms with Crippen molar-refractivity contribution < 1.29 is 14.4 Å². The predicted molar refractivity (Wildman–Crippen MR) is 95.4 cm³/mol. The highest BCUT2D eigenvalue weighted by atomic mass is 16.2. The van der Waals surface area contributed by atoms with E-state index >= 15 is 0 Å². The van der Waals surface area contributed by atoms with Crippen LogP contribution in [0.5, 0.6) is 0 Å². The van der Waals surface area contributed by atoms with Crippen LogP contribution >= 0.6 is 0 Å². The summed E-state index contributed by atoms with van der Waals surface area (Å²) < 4.78 is 0. The zero-order valence-corrected chi connectivity index (χ0v) is 14.8. The molecule has 0 radical (unpaired) electrons. The lowest BCUT2D eigenvalue weighted by molar-refractivity contribution is -0.139. The van der Waals surface area contributed by atoms with Gasteiger partial charge in [0.2, 0.25) is 5.91 Å². The van der Waals surface area contributed by atoms with Crippen LogP contribution in [0.4, 0.5) is 0 Å². The molecule has 1 aromatic heterocycles. The van der Waals surface area contributed by atoms with Crippen LogP contribution < -0.4 is 0 Å². The second kappa shape index (κ2) is 6.70. The lowest BCUT2D eigenvalue weighted by Crippen LogP contribution is -2.53. The van der Waals surface area contributed by atoms with E-state index in [2.05, 4.69) is 4.98 Å². The van der Waals surface area contributed by atoms with Gasteiger partial charge in [-0.3, -0.25) is 14.4 Å². The molecular weight excluding hydrogens is 318 g/mol. The van der Waals surface area contributed by atoms with Crippen LogP contribution in [0, 0.1) is 12.8 Å². The minimum absolute atomic E-state index is 0.0576. The van der Waals surface area contributed by atoms with Gasteiger partial charge in [0.1, 0.15) is 0 Å². The van der Waals surface area contributed by atoms with Crippen molar-refractivity contribution in [2.75, 3.05) is 26.2 Å². The third-order valence-corrected chi connectivity index (χ3v) is 4.69. The summed E-state index contributed by atoms with van der Waals surface area (Å²) in [5.41, 5.74) is 2.00. The average Bonchev–Trinajstić information content (AvgIpc) is 2.95. The molecule has 25 heavy (non-hydrogen) atoms. The van der Waals surface area contributed by atoms with Crippen molar-refractivity contribution in [3.8, 4) is 0 Å². The van der Waals surface area contributed by atoms with Crippen LogP contribution in [0.1, 0.15) is 29.9 Å². The first-order chi connectivity index (χ1) is 11.9. The number of carbonyl (C=O) groups excluding carboxylic acids is 3. The van der Waals surface area contributed by atoms with Gasteiger partial charge in [-0.1, -0.05) is 32.0 Å². The van der Waals surface area contributed by atoms with E-state index in [9.17, 15) is 14.4 Å². The molecule has 132 valence electrons. The summed E-state index contributed by atoms with van der Waals surface area (Å²) in [5, 5.41) is 0.770. The number of hydrogen-bond acceptors (Lipinski definition) is 3. The van der Waals surface area contributed by atoms with Crippen LogP contribution in [0.15, 0.2) is 24.3 Å². The van der Waals surface area contributed by atoms with Gasteiger partial charge in [0, 0.05) is 48.7 Å². The number of carbonyl (C=O) groups is 3. The van der Waals surface area contributed by atoms with Gasteiger partial charge in [0.15, 0.2) is 0 Å². The highest BCUT2D eigenvalue weighted by molar-refractivity contribution is 6.45. The summed E-state index contributed by atoms with van der Waals surface area (Å²) in [6, 6.07) is 7.48. The number of aryl methyl sites for hydroxylation is 1. The van der Waals surface area contributed by atoms with Crippen molar-refractivity contribution in [1.29, 1.82) is 0 Å². The summed E-state index contributed by atoms with van der Waals surface area (Å²) in [5.74, 6) is -0.952. The normalized spacial score (nSPS) is 15.0. The Morgan fingerprint density at radius 2 is 1.60 bits per heavy atom. The molecule has 1 aromatic carbocycles. The van der Waals surface area contributed by atoms with E-state index in [4.69, 9.17) is 0 Å². The van der Waals surface area contributed by atoms with Crippen LogP contribution in [-0.2, 0) is 9.59 Å². The molecular formula is C19H23N3O3. The van der Waals surface area contributed by atoms with E-state index in [1.54, 1.807) is 16.7 Å².